The maximum Gasteiger partial charge on any atom is 0.217 e. The molecule has 0 saturated heterocycles. The van der Waals surface area contributed by atoms with Gasteiger partial charge in [-0.05, 0) is 41.0 Å². The number of aliphatic imine (C=N–C) groups is 1. The lowest BCUT2D eigenvalue weighted by Crippen LogP contribution is -2.19. The molecule has 0 N–H and O–H groups in total. The van der Waals surface area contributed by atoms with E-state index in [1.807, 2.05) is 66.7 Å². The average Bonchev–Trinajstić information content (AvgIpc) is 3.18. The zero-order chi connectivity index (χ0) is 21.1. The van der Waals surface area contributed by atoms with Crippen molar-refractivity contribution in [2.75, 3.05) is 20.0 Å². The second-order valence-electron chi connectivity index (χ2n) is 7.28. The molecule has 5 nitrogen and oxygen atoms in total. The number of benzene rings is 3. The molecule has 0 unspecified atom stereocenters. The number of nitrogens with zero attached hydrogens (tertiary/aromatic N) is 1. The average molecular weight is 422 g/mol. The van der Waals surface area contributed by atoms with Crippen molar-refractivity contribution < 1.29 is 17.9 Å². The van der Waals surface area contributed by atoms with Gasteiger partial charge in [0.25, 0.3) is 0 Å². The Bertz CT molecular complexity index is 1140. The van der Waals surface area contributed by atoms with Crippen LogP contribution < -0.4 is 0 Å². The molecule has 0 fully saturated rings. The minimum Gasteiger partial charge on any atom is -0.467 e. The van der Waals surface area contributed by atoms with Gasteiger partial charge in [-0.25, -0.2) is 13.4 Å². The third kappa shape index (κ3) is 4.30. The molecule has 0 saturated carbocycles. The zero-order valence-electron chi connectivity index (χ0n) is 16.9. The number of sulfone groups is 1. The number of rotatable bonds is 6. The predicted molar refractivity (Wildman–Crippen MR) is 117 cm³/mol. The van der Waals surface area contributed by atoms with Crippen molar-refractivity contribution in [1.29, 1.82) is 0 Å². The van der Waals surface area contributed by atoms with Crippen LogP contribution in [-0.4, -0.2) is 40.3 Å². The van der Waals surface area contributed by atoms with E-state index in [1.165, 1.54) is 6.26 Å². The fraction of sp³-hybridized carbons (Fsp3) is 0.208. The van der Waals surface area contributed by atoms with Gasteiger partial charge in [0, 0.05) is 18.9 Å². The summed E-state index contributed by atoms with van der Waals surface area (Å²) in [5.41, 5.74) is 3.92. The van der Waals surface area contributed by atoms with Crippen molar-refractivity contribution in [2.24, 2.45) is 4.99 Å². The first-order chi connectivity index (χ1) is 14.5. The van der Waals surface area contributed by atoms with Crippen LogP contribution in [0.4, 0.5) is 0 Å². The second-order valence-corrected chi connectivity index (χ2v) is 9.30. The normalized spacial score (nSPS) is 18.7. The first kappa shape index (κ1) is 20.3. The van der Waals surface area contributed by atoms with Crippen LogP contribution in [0.25, 0.3) is 11.1 Å². The molecular weight excluding hydrogens is 398 g/mol. The van der Waals surface area contributed by atoms with Gasteiger partial charge in [-0.1, -0.05) is 54.6 Å². The fourth-order valence-electron chi connectivity index (χ4n) is 3.52. The Morgan fingerprint density at radius 2 is 1.47 bits per heavy atom. The van der Waals surface area contributed by atoms with Crippen LogP contribution in [0.1, 0.15) is 17.2 Å². The maximum absolute atomic E-state index is 11.7. The number of ether oxygens (including phenoxy) is 2. The first-order valence-corrected chi connectivity index (χ1v) is 11.5. The third-order valence-electron chi connectivity index (χ3n) is 5.08. The van der Waals surface area contributed by atoms with Gasteiger partial charge in [-0.15, -0.1) is 0 Å². The van der Waals surface area contributed by atoms with E-state index < -0.39 is 9.84 Å². The summed E-state index contributed by atoms with van der Waals surface area (Å²) in [6, 6.07) is 24.7. The summed E-state index contributed by atoms with van der Waals surface area (Å²) in [6.07, 6.45) is 0.988. The summed E-state index contributed by atoms with van der Waals surface area (Å²) in [6.45, 7) is 0.468. The highest BCUT2D eigenvalue weighted by molar-refractivity contribution is 7.90. The topological polar surface area (TPSA) is 65.0 Å². The Kier molecular flexibility index (Phi) is 5.70. The van der Waals surface area contributed by atoms with E-state index in [4.69, 9.17) is 14.5 Å². The van der Waals surface area contributed by atoms with Crippen LogP contribution in [0.2, 0.25) is 0 Å². The lowest BCUT2D eigenvalue weighted by atomic mass is 9.99. The van der Waals surface area contributed by atoms with Gasteiger partial charge in [0.1, 0.15) is 6.04 Å². The quantitative estimate of drug-likeness (QED) is 0.596. The lowest BCUT2D eigenvalue weighted by molar-refractivity contribution is 0.120. The summed E-state index contributed by atoms with van der Waals surface area (Å²) < 4.78 is 34.9. The molecule has 3 aromatic carbocycles. The van der Waals surface area contributed by atoms with Crippen molar-refractivity contribution in [3.8, 4) is 11.1 Å². The van der Waals surface area contributed by atoms with E-state index in [-0.39, 0.29) is 12.1 Å². The molecule has 0 spiro atoms. The number of hydrogen-bond acceptors (Lipinski definition) is 5. The number of hydrogen-bond donors (Lipinski definition) is 0. The van der Waals surface area contributed by atoms with Crippen LogP contribution in [0, 0.1) is 0 Å². The van der Waals surface area contributed by atoms with Crippen LogP contribution >= 0.6 is 0 Å². The minimum atomic E-state index is -3.20. The summed E-state index contributed by atoms with van der Waals surface area (Å²) >= 11 is 0. The molecule has 0 aromatic heterocycles. The van der Waals surface area contributed by atoms with E-state index >= 15 is 0 Å². The van der Waals surface area contributed by atoms with Crippen LogP contribution in [0.3, 0.4) is 0 Å². The molecule has 6 heteroatoms. The van der Waals surface area contributed by atoms with Crippen LogP contribution in [0.5, 0.6) is 0 Å². The molecule has 1 aliphatic heterocycles. The number of methoxy groups -OCH3 is 1. The lowest BCUT2D eigenvalue weighted by Gasteiger charge is -2.18. The molecule has 154 valence electrons. The molecule has 0 radical (unpaired) electrons. The Balaban J connectivity index is 1.56. The molecule has 30 heavy (non-hydrogen) atoms. The Labute approximate surface area is 176 Å². The SMILES string of the molecule is COC[C@H]1N=C(c2ccccc2)O[C@@H]1c1ccc(-c2ccc(S(C)(=O)=O)cc2)cc1. The van der Waals surface area contributed by atoms with Gasteiger partial charge < -0.3 is 9.47 Å². The molecule has 4 rings (SSSR count). The summed E-state index contributed by atoms with van der Waals surface area (Å²) in [5.74, 6) is 0.628. The van der Waals surface area contributed by atoms with Crippen molar-refractivity contribution in [3.05, 3.63) is 90.0 Å². The largest absolute Gasteiger partial charge is 0.467 e. The maximum atomic E-state index is 11.7. The smallest absolute Gasteiger partial charge is 0.217 e. The van der Waals surface area contributed by atoms with Crippen LogP contribution in [-0.2, 0) is 19.3 Å². The Morgan fingerprint density at radius 1 is 0.867 bits per heavy atom. The standard InChI is InChI=1S/C24H23NO4S/c1-28-16-22-23(29-24(25-22)20-6-4-3-5-7-20)19-10-8-17(9-11-19)18-12-14-21(15-13-18)30(2,26)27/h3-15,22-23H,16H2,1-2H3/t22-,23-/m1/s1. The molecule has 1 heterocycles. The Morgan fingerprint density at radius 3 is 2.03 bits per heavy atom. The van der Waals surface area contributed by atoms with Gasteiger partial charge in [0.15, 0.2) is 15.9 Å². The van der Waals surface area contributed by atoms with Crippen molar-refractivity contribution in [3.63, 3.8) is 0 Å². The molecule has 1 aliphatic rings. The summed E-state index contributed by atoms with van der Waals surface area (Å²) in [7, 11) is -1.54. The van der Waals surface area contributed by atoms with E-state index in [0.29, 0.717) is 17.4 Å². The van der Waals surface area contributed by atoms with E-state index in [0.717, 1.165) is 22.3 Å². The van der Waals surface area contributed by atoms with Crippen LogP contribution in [0.15, 0.2) is 88.8 Å². The fourth-order valence-corrected chi connectivity index (χ4v) is 4.15. The Hall–Kier alpha value is -2.96. The minimum absolute atomic E-state index is 0.120. The van der Waals surface area contributed by atoms with E-state index in [1.54, 1.807) is 19.2 Å². The van der Waals surface area contributed by atoms with Crippen molar-refractivity contribution in [2.45, 2.75) is 17.0 Å². The molecular formula is C24H23NO4S. The van der Waals surface area contributed by atoms with Gasteiger partial charge in [0.2, 0.25) is 5.90 Å². The monoisotopic (exact) mass is 421 g/mol. The van der Waals surface area contributed by atoms with Gasteiger partial charge in [0.05, 0.1) is 11.5 Å². The molecule has 0 amide bonds. The van der Waals surface area contributed by atoms with E-state index in [9.17, 15) is 8.42 Å². The van der Waals surface area contributed by atoms with Crippen molar-refractivity contribution in [1.82, 2.24) is 0 Å². The predicted octanol–water partition coefficient (Wildman–Crippen LogP) is 4.29. The zero-order valence-corrected chi connectivity index (χ0v) is 17.7. The molecule has 3 aromatic rings. The summed E-state index contributed by atoms with van der Waals surface area (Å²) in [4.78, 5) is 5.05. The van der Waals surface area contributed by atoms with E-state index in [2.05, 4.69) is 0 Å². The highest BCUT2D eigenvalue weighted by Gasteiger charge is 2.32. The second kappa shape index (κ2) is 8.42. The van der Waals surface area contributed by atoms with Gasteiger partial charge >= 0.3 is 0 Å². The molecule has 0 aliphatic carbocycles. The highest BCUT2D eigenvalue weighted by Crippen LogP contribution is 2.33. The molecule has 0 bridgehead atoms. The van der Waals surface area contributed by atoms with Gasteiger partial charge in [-0.2, -0.15) is 0 Å². The van der Waals surface area contributed by atoms with Crippen molar-refractivity contribution >= 4 is 15.7 Å². The summed E-state index contributed by atoms with van der Waals surface area (Å²) in [5, 5.41) is 0. The first-order valence-electron chi connectivity index (χ1n) is 9.65. The third-order valence-corrected chi connectivity index (χ3v) is 6.21. The highest BCUT2D eigenvalue weighted by atomic mass is 32.2. The van der Waals surface area contributed by atoms with Gasteiger partial charge in [-0.3, -0.25) is 0 Å². The molecule has 2 atom stereocenters.